The summed E-state index contributed by atoms with van der Waals surface area (Å²) in [6.07, 6.45) is 0. The largest absolute Gasteiger partial charge is 0.504 e. The highest BCUT2D eigenvalue weighted by Crippen LogP contribution is 2.41. The molecule has 0 aromatic heterocycles. The van der Waals surface area contributed by atoms with Gasteiger partial charge >= 0.3 is 5.69 Å². The van der Waals surface area contributed by atoms with Crippen molar-refractivity contribution < 1.29 is 19.9 Å². The van der Waals surface area contributed by atoms with Gasteiger partial charge in [-0.1, -0.05) is 0 Å². The van der Waals surface area contributed by atoms with Crippen LogP contribution in [-0.2, 0) is 0 Å². The molecule has 0 unspecified atom stereocenters. The Labute approximate surface area is 126 Å². The minimum Gasteiger partial charge on any atom is -0.504 e. The number of nitrogens with zero attached hydrogens (tertiary/aromatic N) is 2. The van der Waals surface area contributed by atoms with Crippen LogP contribution in [-0.4, -0.2) is 39.0 Å². The van der Waals surface area contributed by atoms with Gasteiger partial charge in [0.15, 0.2) is 5.75 Å². The summed E-state index contributed by atoms with van der Waals surface area (Å²) in [6.45, 7) is 4.82. The fourth-order valence-corrected chi connectivity index (χ4v) is 2.37. The zero-order chi connectivity index (χ0) is 16.4. The SMILES string of the molecule is CCN(CC)C(=O)c1ccc2c([N+](=O)[O-])c(O)c(O)cc2c1. The van der Waals surface area contributed by atoms with E-state index in [-0.39, 0.29) is 11.3 Å². The summed E-state index contributed by atoms with van der Waals surface area (Å²) < 4.78 is 0. The number of benzene rings is 2. The molecule has 0 saturated carbocycles. The van der Waals surface area contributed by atoms with Crippen molar-refractivity contribution in [2.45, 2.75) is 13.8 Å². The maximum Gasteiger partial charge on any atom is 0.322 e. The van der Waals surface area contributed by atoms with Gasteiger partial charge < -0.3 is 15.1 Å². The number of carbonyl (C=O) groups excluding carboxylic acids is 1. The molecule has 116 valence electrons. The zero-order valence-electron chi connectivity index (χ0n) is 12.2. The summed E-state index contributed by atoms with van der Waals surface area (Å²) in [4.78, 5) is 24.2. The number of phenols is 2. The molecular weight excluding hydrogens is 288 g/mol. The first kappa shape index (κ1) is 15.6. The molecule has 1 amide bonds. The Hall–Kier alpha value is -2.83. The number of amides is 1. The van der Waals surface area contributed by atoms with Crippen LogP contribution >= 0.6 is 0 Å². The standard InChI is InChI=1S/C15H16N2O5/c1-3-16(4-2)15(20)9-5-6-11-10(7-9)8-12(18)14(19)13(11)17(21)22/h5-8,18-19H,3-4H2,1-2H3. The third kappa shape index (κ3) is 2.52. The van der Waals surface area contributed by atoms with Gasteiger partial charge in [0.2, 0.25) is 5.75 Å². The normalized spacial score (nSPS) is 10.6. The molecule has 0 radical (unpaired) electrons. The minimum absolute atomic E-state index is 0.163. The monoisotopic (exact) mass is 304 g/mol. The highest BCUT2D eigenvalue weighted by Gasteiger charge is 2.23. The Morgan fingerprint density at radius 2 is 1.86 bits per heavy atom. The number of fused-ring (bicyclic) bond motifs is 1. The molecule has 0 fully saturated rings. The molecule has 2 N–H and O–H groups in total. The van der Waals surface area contributed by atoms with Crippen LogP contribution in [0.1, 0.15) is 24.2 Å². The lowest BCUT2D eigenvalue weighted by molar-refractivity contribution is -0.384. The van der Waals surface area contributed by atoms with E-state index in [1.165, 1.54) is 24.3 Å². The van der Waals surface area contributed by atoms with Gasteiger partial charge in [-0.2, -0.15) is 0 Å². The van der Waals surface area contributed by atoms with Crippen molar-refractivity contribution in [3.8, 4) is 11.5 Å². The van der Waals surface area contributed by atoms with Crippen molar-refractivity contribution in [1.29, 1.82) is 0 Å². The van der Waals surface area contributed by atoms with Gasteiger partial charge in [-0.05, 0) is 43.5 Å². The summed E-state index contributed by atoms with van der Waals surface area (Å²) in [5.41, 5.74) is -0.201. The van der Waals surface area contributed by atoms with Crippen molar-refractivity contribution in [3.05, 3.63) is 39.9 Å². The van der Waals surface area contributed by atoms with Crippen LogP contribution < -0.4 is 0 Å². The molecule has 0 atom stereocenters. The Kier molecular flexibility index (Phi) is 4.16. The second-order valence-electron chi connectivity index (χ2n) is 4.76. The first-order valence-corrected chi connectivity index (χ1v) is 6.83. The Morgan fingerprint density at radius 1 is 1.23 bits per heavy atom. The third-order valence-corrected chi connectivity index (χ3v) is 3.55. The molecule has 0 spiro atoms. The second-order valence-corrected chi connectivity index (χ2v) is 4.76. The first-order chi connectivity index (χ1) is 10.4. The van der Waals surface area contributed by atoms with E-state index < -0.39 is 22.1 Å². The number of carbonyl (C=O) groups is 1. The maximum atomic E-state index is 12.3. The van der Waals surface area contributed by atoms with Crippen LogP contribution in [0.5, 0.6) is 11.5 Å². The molecule has 0 bridgehead atoms. The molecule has 0 aliphatic rings. The smallest absolute Gasteiger partial charge is 0.322 e. The summed E-state index contributed by atoms with van der Waals surface area (Å²) in [5, 5.41) is 30.8. The first-order valence-electron chi connectivity index (χ1n) is 6.83. The van der Waals surface area contributed by atoms with Gasteiger partial charge in [0, 0.05) is 18.7 Å². The molecular formula is C15H16N2O5. The van der Waals surface area contributed by atoms with Crippen molar-refractivity contribution in [2.75, 3.05) is 13.1 Å². The van der Waals surface area contributed by atoms with E-state index in [1.54, 1.807) is 4.90 Å². The van der Waals surface area contributed by atoms with Gasteiger partial charge in [0.05, 0.1) is 10.3 Å². The number of nitro benzene ring substituents is 1. The lowest BCUT2D eigenvalue weighted by atomic mass is 10.0. The van der Waals surface area contributed by atoms with E-state index in [0.29, 0.717) is 24.0 Å². The Bertz CT molecular complexity index is 753. The second kappa shape index (κ2) is 5.88. The lowest BCUT2D eigenvalue weighted by Crippen LogP contribution is -2.30. The number of phenolic OH excluding ortho intramolecular Hbond substituents is 2. The number of aromatic hydroxyl groups is 2. The van der Waals surface area contributed by atoms with Gasteiger partial charge in [-0.15, -0.1) is 0 Å². The molecule has 0 heterocycles. The van der Waals surface area contributed by atoms with Crippen molar-refractivity contribution in [2.24, 2.45) is 0 Å². The summed E-state index contributed by atoms with van der Waals surface area (Å²) in [5.74, 6) is -1.56. The van der Waals surface area contributed by atoms with Gasteiger partial charge in [-0.3, -0.25) is 14.9 Å². The predicted molar refractivity (Wildman–Crippen MR) is 81.2 cm³/mol. The van der Waals surface area contributed by atoms with Crippen molar-refractivity contribution in [1.82, 2.24) is 4.90 Å². The third-order valence-electron chi connectivity index (χ3n) is 3.55. The van der Waals surface area contributed by atoms with E-state index in [0.717, 1.165) is 0 Å². The van der Waals surface area contributed by atoms with Gasteiger partial charge in [-0.25, -0.2) is 0 Å². The quantitative estimate of drug-likeness (QED) is 0.513. The van der Waals surface area contributed by atoms with Crippen LogP contribution in [0, 0.1) is 10.1 Å². The Morgan fingerprint density at radius 3 is 2.41 bits per heavy atom. The topological polar surface area (TPSA) is 104 Å². The molecule has 7 nitrogen and oxygen atoms in total. The predicted octanol–water partition coefficient (Wildman–Crippen LogP) is 2.64. The molecule has 2 aromatic rings. The summed E-state index contributed by atoms with van der Waals surface area (Å²) in [6, 6.07) is 5.56. The van der Waals surface area contributed by atoms with E-state index >= 15 is 0 Å². The number of rotatable bonds is 4. The minimum atomic E-state index is -0.777. The maximum absolute atomic E-state index is 12.3. The highest BCUT2D eigenvalue weighted by atomic mass is 16.6. The van der Waals surface area contributed by atoms with Crippen LogP contribution in [0.2, 0.25) is 0 Å². The van der Waals surface area contributed by atoms with Crippen LogP contribution in [0.15, 0.2) is 24.3 Å². The average Bonchev–Trinajstić information content (AvgIpc) is 2.48. The fraction of sp³-hybridized carbons (Fsp3) is 0.267. The van der Waals surface area contributed by atoms with E-state index in [4.69, 9.17) is 0 Å². The van der Waals surface area contributed by atoms with E-state index in [1.807, 2.05) is 13.8 Å². The molecule has 0 saturated heterocycles. The lowest BCUT2D eigenvalue weighted by Gasteiger charge is -2.18. The van der Waals surface area contributed by atoms with Gasteiger partial charge in [0.25, 0.3) is 5.91 Å². The molecule has 2 rings (SSSR count). The fourth-order valence-electron chi connectivity index (χ4n) is 2.37. The highest BCUT2D eigenvalue weighted by molar-refractivity contribution is 6.02. The number of nitro groups is 1. The molecule has 2 aromatic carbocycles. The summed E-state index contributed by atoms with van der Waals surface area (Å²) in [7, 11) is 0. The molecule has 0 aliphatic carbocycles. The van der Waals surface area contributed by atoms with Gasteiger partial charge in [0.1, 0.15) is 0 Å². The zero-order valence-corrected chi connectivity index (χ0v) is 12.2. The average molecular weight is 304 g/mol. The molecule has 22 heavy (non-hydrogen) atoms. The molecule has 7 heteroatoms. The number of hydrogen-bond acceptors (Lipinski definition) is 5. The van der Waals surface area contributed by atoms with Crippen LogP contribution in [0.4, 0.5) is 5.69 Å². The van der Waals surface area contributed by atoms with Crippen LogP contribution in [0.25, 0.3) is 10.8 Å². The van der Waals surface area contributed by atoms with E-state index in [2.05, 4.69) is 0 Å². The van der Waals surface area contributed by atoms with Crippen LogP contribution in [0.3, 0.4) is 0 Å². The number of hydrogen-bond donors (Lipinski definition) is 2. The Balaban J connectivity index is 2.64. The van der Waals surface area contributed by atoms with Crippen molar-refractivity contribution in [3.63, 3.8) is 0 Å². The molecule has 0 aliphatic heterocycles. The van der Waals surface area contributed by atoms with Crippen molar-refractivity contribution >= 4 is 22.4 Å². The van der Waals surface area contributed by atoms with E-state index in [9.17, 15) is 25.1 Å². The summed E-state index contributed by atoms with van der Waals surface area (Å²) >= 11 is 0.